The molecule has 0 heterocycles. The number of aliphatic carboxylic acids is 1. The third kappa shape index (κ3) is 3.80. The van der Waals surface area contributed by atoms with Crippen molar-refractivity contribution in [2.45, 2.75) is 31.2 Å². The van der Waals surface area contributed by atoms with Crippen LogP contribution in [0.25, 0.3) is 0 Å². The van der Waals surface area contributed by atoms with E-state index in [-0.39, 0.29) is 0 Å². The zero-order valence-electron chi connectivity index (χ0n) is 10.8. The fourth-order valence-electron chi connectivity index (χ4n) is 2.30. The molecule has 0 bridgehead atoms. The fraction of sp³-hybridized carbons (Fsp3) is 0.467. The average molecular weight is 258 g/mol. The lowest BCUT2D eigenvalue weighted by Crippen LogP contribution is -2.34. The van der Waals surface area contributed by atoms with Crippen LogP contribution in [0, 0.1) is 11.3 Å². The highest BCUT2D eigenvalue weighted by atomic mass is 16.4. The molecular formula is C15H18N2O2. The third-order valence-electron chi connectivity index (χ3n) is 3.49. The summed E-state index contributed by atoms with van der Waals surface area (Å²) in [7, 11) is 0. The molecule has 4 heteroatoms. The zero-order chi connectivity index (χ0) is 13.7. The second kappa shape index (κ2) is 6.35. The predicted octanol–water partition coefficient (Wildman–Crippen LogP) is 2.23. The van der Waals surface area contributed by atoms with Gasteiger partial charge in [0.15, 0.2) is 0 Å². The van der Waals surface area contributed by atoms with Crippen LogP contribution in [0.4, 0.5) is 0 Å². The number of hydrogen-bond acceptors (Lipinski definition) is 3. The van der Waals surface area contributed by atoms with Gasteiger partial charge in [0.1, 0.15) is 0 Å². The summed E-state index contributed by atoms with van der Waals surface area (Å²) in [5.74, 6) is -1.31. The van der Waals surface area contributed by atoms with Gasteiger partial charge >= 0.3 is 5.97 Å². The number of carboxylic acid groups (broad SMARTS) is 1. The highest BCUT2D eigenvalue weighted by Gasteiger charge is 2.32. The van der Waals surface area contributed by atoms with Gasteiger partial charge in [-0.2, -0.15) is 5.26 Å². The van der Waals surface area contributed by atoms with Crippen molar-refractivity contribution in [1.82, 2.24) is 4.90 Å². The largest absolute Gasteiger partial charge is 0.481 e. The topological polar surface area (TPSA) is 64.3 Å². The van der Waals surface area contributed by atoms with Crippen molar-refractivity contribution in [2.24, 2.45) is 0 Å². The molecule has 1 unspecified atom stereocenters. The minimum Gasteiger partial charge on any atom is -0.481 e. The molecule has 1 N–H and O–H groups in total. The lowest BCUT2D eigenvalue weighted by molar-refractivity contribution is -0.139. The third-order valence-corrected chi connectivity index (χ3v) is 3.49. The second-order valence-electron chi connectivity index (χ2n) is 4.94. The summed E-state index contributed by atoms with van der Waals surface area (Å²) in [6, 6.07) is 11.9. The van der Waals surface area contributed by atoms with E-state index < -0.39 is 11.9 Å². The molecule has 1 aromatic rings. The summed E-state index contributed by atoms with van der Waals surface area (Å²) in [5, 5.41) is 18.1. The predicted molar refractivity (Wildman–Crippen MR) is 71.6 cm³/mol. The molecule has 1 aromatic carbocycles. The summed E-state index contributed by atoms with van der Waals surface area (Å²) in [6.45, 7) is 1.16. The summed E-state index contributed by atoms with van der Waals surface area (Å²) >= 11 is 0. The minimum atomic E-state index is -0.797. The van der Waals surface area contributed by atoms with Crippen molar-refractivity contribution >= 4 is 5.97 Å². The molecule has 0 aliphatic heterocycles. The Hall–Kier alpha value is -1.86. The molecular weight excluding hydrogens is 240 g/mol. The molecule has 19 heavy (non-hydrogen) atoms. The summed E-state index contributed by atoms with van der Waals surface area (Å²) in [4.78, 5) is 13.6. The van der Waals surface area contributed by atoms with Crippen molar-refractivity contribution in [3.8, 4) is 6.07 Å². The molecule has 2 rings (SSSR count). The van der Waals surface area contributed by atoms with Crippen LogP contribution in [0.5, 0.6) is 0 Å². The molecule has 1 fully saturated rings. The van der Waals surface area contributed by atoms with Crippen LogP contribution in [-0.2, 0) is 4.79 Å². The van der Waals surface area contributed by atoms with Gasteiger partial charge in [-0.1, -0.05) is 30.3 Å². The van der Waals surface area contributed by atoms with E-state index in [4.69, 9.17) is 5.26 Å². The van der Waals surface area contributed by atoms with Gasteiger partial charge in [0, 0.05) is 25.6 Å². The number of hydrogen-bond donors (Lipinski definition) is 1. The Balaban J connectivity index is 2.07. The molecule has 0 amide bonds. The van der Waals surface area contributed by atoms with Gasteiger partial charge in [0.25, 0.3) is 0 Å². The Kier molecular flexibility index (Phi) is 4.53. The van der Waals surface area contributed by atoms with Gasteiger partial charge in [-0.3, -0.25) is 9.69 Å². The van der Waals surface area contributed by atoms with Gasteiger partial charge in [0.05, 0.1) is 12.0 Å². The van der Waals surface area contributed by atoms with Gasteiger partial charge < -0.3 is 5.11 Å². The minimum absolute atomic E-state index is 0.456. The molecule has 1 saturated carbocycles. The van der Waals surface area contributed by atoms with Gasteiger partial charge in [-0.05, 0) is 18.4 Å². The van der Waals surface area contributed by atoms with Gasteiger partial charge in [-0.25, -0.2) is 0 Å². The number of rotatable bonds is 7. The Morgan fingerprint density at radius 3 is 2.63 bits per heavy atom. The first-order chi connectivity index (χ1) is 9.22. The van der Waals surface area contributed by atoms with Crippen LogP contribution in [0.15, 0.2) is 30.3 Å². The molecule has 0 saturated heterocycles. The second-order valence-corrected chi connectivity index (χ2v) is 4.94. The maximum absolute atomic E-state index is 11.5. The van der Waals surface area contributed by atoms with Crippen molar-refractivity contribution in [3.05, 3.63) is 35.9 Å². The van der Waals surface area contributed by atoms with Crippen LogP contribution >= 0.6 is 0 Å². The van der Waals surface area contributed by atoms with E-state index in [0.717, 1.165) is 18.4 Å². The number of carboxylic acids is 1. The summed E-state index contributed by atoms with van der Waals surface area (Å²) < 4.78 is 0. The number of carbonyl (C=O) groups is 1. The molecule has 0 spiro atoms. The van der Waals surface area contributed by atoms with E-state index in [1.54, 1.807) is 0 Å². The SMILES string of the molecule is N#CCCN(CC(C(=O)O)c1ccccc1)C1CC1. The molecule has 1 atom stereocenters. The van der Waals surface area contributed by atoms with Crippen molar-refractivity contribution in [2.75, 3.05) is 13.1 Å². The van der Waals surface area contributed by atoms with E-state index >= 15 is 0 Å². The number of nitrogens with zero attached hydrogens (tertiary/aromatic N) is 2. The zero-order valence-corrected chi connectivity index (χ0v) is 10.8. The van der Waals surface area contributed by atoms with E-state index in [0.29, 0.717) is 25.6 Å². The monoisotopic (exact) mass is 258 g/mol. The summed E-state index contributed by atoms with van der Waals surface area (Å²) in [5.41, 5.74) is 0.831. The molecule has 100 valence electrons. The van der Waals surface area contributed by atoms with E-state index in [2.05, 4.69) is 11.0 Å². The molecule has 1 aliphatic rings. The lowest BCUT2D eigenvalue weighted by atomic mass is 9.98. The van der Waals surface area contributed by atoms with Gasteiger partial charge in [-0.15, -0.1) is 0 Å². The Morgan fingerprint density at radius 2 is 2.11 bits per heavy atom. The first kappa shape index (κ1) is 13.6. The van der Waals surface area contributed by atoms with Crippen molar-refractivity contribution in [3.63, 3.8) is 0 Å². The van der Waals surface area contributed by atoms with E-state index in [1.165, 1.54) is 0 Å². The first-order valence-electron chi connectivity index (χ1n) is 6.61. The van der Waals surface area contributed by atoms with E-state index in [1.807, 2.05) is 30.3 Å². The van der Waals surface area contributed by atoms with Crippen LogP contribution in [0.3, 0.4) is 0 Å². The Labute approximate surface area is 113 Å². The number of nitriles is 1. The quantitative estimate of drug-likeness (QED) is 0.814. The van der Waals surface area contributed by atoms with Crippen LogP contribution < -0.4 is 0 Å². The highest BCUT2D eigenvalue weighted by Crippen LogP contribution is 2.29. The molecule has 0 aromatic heterocycles. The van der Waals surface area contributed by atoms with Crippen LogP contribution in [0.1, 0.15) is 30.7 Å². The standard InChI is InChI=1S/C15H18N2O2/c16-9-4-10-17(13-7-8-13)11-14(15(18)19)12-5-2-1-3-6-12/h1-3,5-6,13-14H,4,7-8,10-11H2,(H,18,19). The average Bonchev–Trinajstić information content (AvgIpc) is 3.24. The maximum atomic E-state index is 11.5. The van der Waals surface area contributed by atoms with Crippen molar-refractivity contribution < 1.29 is 9.90 Å². The number of benzene rings is 1. The van der Waals surface area contributed by atoms with Crippen LogP contribution in [0.2, 0.25) is 0 Å². The first-order valence-corrected chi connectivity index (χ1v) is 6.61. The van der Waals surface area contributed by atoms with E-state index in [9.17, 15) is 9.90 Å². The van der Waals surface area contributed by atoms with Gasteiger partial charge in [0.2, 0.25) is 0 Å². The Bertz CT molecular complexity index is 463. The van der Waals surface area contributed by atoms with Crippen LogP contribution in [-0.4, -0.2) is 35.1 Å². The molecule has 0 radical (unpaired) electrons. The highest BCUT2D eigenvalue weighted by molar-refractivity contribution is 5.76. The lowest BCUT2D eigenvalue weighted by Gasteiger charge is -2.24. The van der Waals surface area contributed by atoms with Crippen molar-refractivity contribution in [1.29, 1.82) is 5.26 Å². The summed E-state index contributed by atoms with van der Waals surface area (Å²) in [6.07, 6.45) is 2.69. The molecule has 1 aliphatic carbocycles. The maximum Gasteiger partial charge on any atom is 0.312 e. The Morgan fingerprint density at radius 1 is 1.42 bits per heavy atom. The molecule has 4 nitrogen and oxygen atoms in total. The fourth-order valence-corrected chi connectivity index (χ4v) is 2.30. The smallest absolute Gasteiger partial charge is 0.312 e. The normalized spacial score (nSPS) is 16.0.